The fraction of sp³-hybridized carbons (Fsp3) is 0.400. The molecule has 0 aromatic carbocycles. The predicted molar refractivity (Wildman–Crippen MR) is 66.3 cm³/mol. The van der Waals surface area contributed by atoms with Crippen LogP contribution in [-0.2, 0) is 3.79 Å². The van der Waals surface area contributed by atoms with E-state index in [-0.39, 0.29) is 5.82 Å². The molecule has 1 rings (SSSR count). The van der Waals surface area contributed by atoms with Crippen LogP contribution in [0.5, 0.6) is 5.88 Å². The first-order chi connectivity index (χ1) is 7.43. The fourth-order valence-corrected chi connectivity index (χ4v) is 1.22. The van der Waals surface area contributed by atoms with Gasteiger partial charge in [-0.25, -0.2) is 4.98 Å². The minimum atomic E-state index is -1.63. The van der Waals surface area contributed by atoms with Gasteiger partial charge in [0.25, 0.3) is 0 Å². The summed E-state index contributed by atoms with van der Waals surface area (Å²) < 4.78 is 3.72. The van der Waals surface area contributed by atoms with Crippen LogP contribution in [0.1, 0.15) is 18.4 Å². The Kier molecular flexibility index (Phi) is 4.84. The lowest BCUT2D eigenvalue weighted by Gasteiger charge is -2.11. The molecule has 0 spiro atoms. The number of hydrogen-bond acceptors (Lipinski definition) is 3. The molecule has 6 heteroatoms. The van der Waals surface area contributed by atoms with Crippen LogP contribution in [-0.4, -0.2) is 16.6 Å². The summed E-state index contributed by atoms with van der Waals surface area (Å²) in [5.41, 5.74) is 0.687. The second-order valence-corrected chi connectivity index (χ2v) is 5.33. The van der Waals surface area contributed by atoms with Gasteiger partial charge in [-0.15, -0.1) is 0 Å². The molecule has 0 bridgehead atoms. The first-order valence-corrected chi connectivity index (χ1v) is 5.73. The van der Waals surface area contributed by atoms with Gasteiger partial charge in [0.1, 0.15) is 6.61 Å². The van der Waals surface area contributed by atoms with Crippen LogP contribution in [0.3, 0.4) is 0 Å². The zero-order valence-electron chi connectivity index (χ0n) is 8.88. The second-order valence-electron chi connectivity index (χ2n) is 3.05. The molecule has 1 heterocycles. The van der Waals surface area contributed by atoms with Crippen molar-refractivity contribution < 1.29 is 4.74 Å². The summed E-state index contributed by atoms with van der Waals surface area (Å²) in [5, 5.41) is 0. The Morgan fingerprint density at radius 2 is 2.06 bits per heavy atom. The Hall–Kier alpha value is -0.510. The van der Waals surface area contributed by atoms with Crippen molar-refractivity contribution in [1.82, 2.24) is 9.97 Å². The molecule has 0 aliphatic carbocycles. The van der Waals surface area contributed by atoms with Crippen LogP contribution in [0.4, 0.5) is 0 Å². The smallest absolute Gasteiger partial charge is 0.250 e. The number of halogens is 3. The summed E-state index contributed by atoms with van der Waals surface area (Å²) in [6.07, 6.45) is 3.73. The molecular formula is C10H11Cl3N2O. The van der Waals surface area contributed by atoms with E-state index < -0.39 is 3.79 Å². The van der Waals surface area contributed by atoms with E-state index in [1.165, 1.54) is 0 Å². The SMILES string of the molecule is C/C=C/COc1cc(C)nc(C(Cl)(Cl)Cl)n1. The van der Waals surface area contributed by atoms with Crippen LogP contribution in [0.25, 0.3) is 0 Å². The summed E-state index contributed by atoms with van der Waals surface area (Å²) in [7, 11) is 0. The highest BCUT2D eigenvalue weighted by atomic mass is 35.6. The lowest BCUT2D eigenvalue weighted by atomic mass is 10.4. The van der Waals surface area contributed by atoms with E-state index in [2.05, 4.69) is 9.97 Å². The largest absolute Gasteiger partial charge is 0.473 e. The number of aromatic nitrogens is 2. The number of hydrogen-bond donors (Lipinski definition) is 0. The third kappa shape index (κ3) is 4.16. The number of nitrogens with zero attached hydrogens (tertiary/aromatic N) is 2. The highest BCUT2D eigenvalue weighted by molar-refractivity contribution is 6.66. The molecule has 1 aromatic rings. The van der Waals surface area contributed by atoms with Crippen LogP contribution in [0.2, 0.25) is 0 Å². The van der Waals surface area contributed by atoms with Gasteiger partial charge in [0.05, 0.1) is 0 Å². The van der Waals surface area contributed by atoms with Crippen molar-refractivity contribution in [2.75, 3.05) is 6.61 Å². The Bertz CT molecular complexity index is 388. The van der Waals surface area contributed by atoms with Gasteiger partial charge in [0.15, 0.2) is 5.82 Å². The minimum absolute atomic E-state index is 0.118. The molecule has 0 saturated heterocycles. The lowest BCUT2D eigenvalue weighted by Crippen LogP contribution is -2.10. The zero-order valence-corrected chi connectivity index (χ0v) is 11.1. The van der Waals surface area contributed by atoms with E-state index >= 15 is 0 Å². The third-order valence-electron chi connectivity index (χ3n) is 1.65. The minimum Gasteiger partial charge on any atom is -0.473 e. The van der Waals surface area contributed by atoms with Crippen molar-refractivity contribution in [3.63, 3.8) is 0 Å². The summed E-state index contributed by atoms with van der Waals surface area (Å²) >= 11 is 17.1. The van der Waals surface area contributed by atoms with Crippen molar-refractivity contribution in [2.45, 2.75) is 17.6 Å². The summed E-state index contributed by atoms with van der Waals surface area (Å²) in [5.74, 6) is 0.514. The molecule has 0 N–H and O–H groups in total. The van der Waals surface area contributed by atoms with E-state index in [1.54, 1.807) is 13.0 Å². The Balaban J connectivity index is 2.90. The summed E-state index contributed by atoms with van der Waals surface area (Å²) in [4.78, 5) is 8.04. The fourth-order valence-electron chi connectivity index (χ4n) is 0.970. The van der Waals surface area contributed by atoms with Gasteiger partial charge >= 0.3 is 0 Å². The molecule has 0 unspecified atom stereocenters. The monoisotopic (exact) mass is 280 g/mol. The molecule has 3 nitrogen and oxygen atoms in total. The van der Waals surface area contributed by atoms with Crippen molar-refractivity contribution >= 4 is 34.8 Å². The molecular weight excluding hydrogens is 270 g/mol. The average molecular weight is 282 g/mol. The number of aryl methyl sites for hydroxylation is 1. The Morgan fingerprint density at radius 3 is 2.62 bits per heavy atom. The maximum atomic E-state index is 5.70. The van der Waals surface area contributed by atoms with E-state index in [0.29, 0.717) is 18.2 Å². The lowest BCUT2D eigenvalue weighted by molar-refractivity contribution is 0.345. The number of rotatable bonds is 3. The normalized spacial score (nSPS) is 12.1. The van der Waals surface area contributed by atoms with Crippen molar-refractivity contribution in [3.8, 4) is 5.88 Å². The molecule has 0 saturated carbocycles. The maximum Gasteiger partial charge on any atom is 0.250 e. The van der Waals surface area contributed by atoms with E-state index in [1.807, 2.05) is 19.1 Å². The van der Waals surface area contributed by atoms with Crippen LogP contribution < -0.4 is 4.74 Å². The Labute approximate surface area is 109 Å². The summed E-state index contributed by atoms with van der Waals surface area (Å²) in [6, 6.07) is 1.68. The van der Waals surface area contributed by atoms with Crippen molar-refractivity contribution in [2.24, 2.45) is 0 Å². The molecule has 0 radical (unpaired) electrons. The number of ether oxygens (including phenoxy) is 1. The van der Waals surface area contributed by atoms with Crippen molar-refractivity contribution in [3.05, 3.63) is 29.7 Å². The zero-order chi connectivity index (χ0) is 12.2. The second kappa shape index (κ2) is 5.71. The van der Waals surface area contributed by atoms with Gasteiger partial charge in [-0.05, 0) is 13.8 Å². The first kappa shape index (κ1) is 13.6. The molecule has 0 aliphatic rings. The molecule has 88 valence electrons. The van der Waals surface area contributed by atoms with Gasteiger partial charge in [-0.1, -0.05) is 47.0 Å². The quantitative estimate of drug-likeness (QED) is 0.627. The van der Waals surface area contributed by atoms with Gasteiger partial charge in [0.2, 0.25) is 9.67 Å². The molecule has 0 aliphatic heterocycles. The number of allylic oxidation sites excluding steroid dienone is 1. The first-order valence-electron chi connectivity index (χ1n) is 4.60. The van der Waals surface area contributed by atoms with Gasteiger partial charge in [0, 0.05) is 11.8 Å². The van der Waals surface area contributed by atoms with E-state index in [9.17, 15) is 0 Å². The highest BCUT2D eigenvalue weighted by Crippen LogP contribution is 2.36. The standard InChI is InChI=1S/C10H11Cl3N2O/c1-3-4-5-16-8-6-7(2)14-9(15-8)10(11,12)13/h3-4,6H,5H2,1-2H3/b4-3+. The van der Waals surface area contributed by atoms with Gasteiger partial charge in [-0.2, -0.15) is 4.98 Å². The Morgan fingerprint density at radius 1 is 1.38 bits per heavy atom. The van der Waals surface area contributed by atoms with Gasteiger partial charge in [-0.3, -0.25) is 0 Å². The number of alkyl halides is 3. The van der Waals surface area contributed by atoms with Gasteiger partial charge < -0.3 is 4.74 Å². The third-order valence-corrected chi connectivity index (χ3v) is 2.15. The molecule has 0 atom stereocenters. The predicted octanol–water partition coefficient (Wildman–Crippen LogP) is 3.57. The van der Waals surface area contributed by atoms with Crippen molar-refractivity contribution in [1.29, 1.82) is 0 Å². The summed E-state index contributed by atoms with van der Waals surface area (Å²) in [6.45, 7) is 4.11. The average Bonchev–Trinajstić information content (AvgIpc) is 2.16. The maximum absolute atomic E-state index is 5.70. The van der Waals surface area contributed by atoms with Crippen LogP contribution in [0, 0.1) is 6.92 Å². The molecule has 16 heavy (non-hydrogen) atoms. The van der Waals surface area contributed by atoms with Crippen LogP contribution in [0.15, 0.2) is 18.2 Å². The van der Waals surface area contributed by atoms with E-state index in [0.717, 1.165) is 0 Å². The topological polar surface area (TPSA) is 35.0 Å². The van der Waals surface area contributed by atoms with E-state index in [4.69, 9.17) is 39.5 Å². The van der Waals surface area contributed by atoms with Crippen LogP contribution >= 0.6 is 34.8 Å². The highest BCUT2D eigenvalue weighted by Gasteiger charge is 2.27. The molecule has 0 fully saturated rings. The molecule has 1 aromatic heterocycles. The molecule has 0 amide bonds.